The molecule has 0 heterocycles. The summed E-state index contributed by atoms with van der Waals surface area (Å²) in [6.07, 6.45) is 19.7. The molecule has 0 unspecified atom stereocenters. The van der Waals surface area contributed by atoms with E-state index in [0.29, 0.717) is 0 Å². The van der Waals surface area contributed by atoms with Gasteiger partial charge < -0.3 is 0 Å². The Kier molecular flexibility index (Phi) is 6.71. The van der Waals surface area contributed by atoms with Crippen molar-refractivity contribution in [3.8, 4) is 6.07 Å². The van der Waals surface area contributed by atoms with Crippen molar-refractivity contribution in [3.63, 3.8) is 0 Å². The Balaban J connectivity index is 1.18. The van der Waals surface area contributed by atoms with Gasteiger partial charge in [0, 0.05) is 0 Å². The molecule has 152 valence electrons. The molecule has 0 spiro atoms. The molecule has 3 aliphatic carbocycles. The van der Waals surface area contributed by atoms with Crippen molar-refractivity contribution in [1.82, 2.24) is 0 Å². The molecular weight excluding hydrogens is 345 g/mol. The van der Waals surface area contributed by atoms with Gasteiger partial charge >= 0.3 is 0 Å². The van der Waals surface area contributed by atoms with Crippen LogP contribution < -0.4 is 0 Å². The number of nitriles is 1. The van der Waals surface area contributed by atoms with E-state index in [4.69, 9.17) is 5.26 Å². The number of halogens is 1. The largest absolute Gasteiger partial charge is 0.206 e. The van der Waals surface area contributed by atoms with E-state index >= 15 is 0 Å². The Labute approximate surface area is 170 Å². The van der Waals surface area contributed by atoms with Gasteiger partial charge in [-0.2, -0.15) is 5.26 Å². The lowest BCUT2D eigenvalue weighted by Gasteiger charge is -2.39. The quantitative estimate of drug-likeness (QED) is 0.520. The molecule has 28 heavy (non-hydrogen) atoms. The minimum atomic E-state index is -0.364. The molecule has 0 bridgehead atoms. The summed E-state index contributed by atoms with van der Waals surface area (Å²) in [6.45, 7) is 0. The van der Waals surface area contributed by atoms with Crippen molar-refractivity contribution >= 4 is 0 Å². The van der Waals surface area contributed by atoms with Gasteiger partial charge in [-0.3, -0.25) is 0 Å². The maximum absolute atomic E-state index is 13.8. The topological polar surface area (TPSA) is 23.8 Å². The lowest BCUT2D eigenvalue weighted by molar-refractivity contribution is 0.124. The fraction of sp³-hybridized carbons (Fsp3) is 0.731. The summed E-state index contributed by atoms with van der Waals surface area (Å²) in [6, 6.07) is 7.02. The van der Waals surface area contributed by atoms with Gasteiger partial charge in [0.1, 0.15) is 11.9 Å². The first-order chi connectivity index (χ1) is 13.7. The molecular formula is C26H36FN. The van der Waals surface area contributed by atoms with E-state index < -0.39 is 0 Å². The minimum Gasteiger partial charge on any atom is -0.206 e. The van der Waals surface area contributed by atoms with Crippen LogP contribution in [-0.4, -0.2) is 0 Å². The lowest BCUT2D eigenvalue weighted by atomic mass is 9.67. The summed E-state index contributed by atoms with van der Waals surface area (Å²) in [7, 11) is 0. The van der Waals surface area contributed by atoms with E-state index in [-0.39, 0.29) is 11.4 Å². The first-order valence-corrected chi connectivity index (χ1v) is 11.9. The van der Waals surface area contributed by atoms with Crippen LogP contribution in [0.1, 0.15) is 94.6 Å². The number of aryl methyl sites for hydroxylation is 1. The van der Waals surface area contributed by atoms with E-state index in [1.54, 1.807) is 12.1 Å². The van der Waals surface area contributed by atoms with Crippen LogP contribution in [0.3, 0.4) is 0 Å². The van der Waals surface area contributed by atoms with E-state index in [9.17, 15) is 4.39 Å². The maximum atomic E-state index is 13.8. The van der Waals surface area contributed by atoms with Crippen molar-refractivity contribution in [3.05, 3.63) is 35.1 Å². The van der Waals surface area contributed by atoms with Crippen molar-refractivity contribution in [2.24, 2.45) is 29.6 Å². The standard InChI is InChI=1S/C26H36FN/c27-26-17-20(9-12-25(26)18-28)6-5-19-7-10-22(11-8-19)24-15-13-23(14-16-24)21-3-1-2-4-21/h9,12,17,19,21-24H,1-8,10-11,13-16H2. The zero-order valence-corrected chi connectivity index (χ0v) is 17.3. The normalized spacial score (nSPS) is 31.6. The fourth-order valence-corrected chi connectivity index (χ4v) is 6.64. The fourth-order valence-electron chi connectivity index (χ4n) is 6.64. The first kappa shape index (κ1) is 19.9. The number of hydrogen-bond acceptors (Lipinski definition) is 1. The predicted molar refractivity (Wildman–Crippen MR) is 112 cm³/mol. The van der Waals surface area contributed by atoms with Gasteiger partial charge in [-0.15, -0.1) is 0 Å². The molecule has 1 nitrogen and oxygen atoms in total. The number of hydrogen-bond donors (Lipinski definition) is 0. The van der Waals surface area contributed by atoms with Gasteiger partial charge in [0.05, 0.1) is 5.56 Å². The molecule has 1 aromatic rings. The summed E-state index contributed by atoms with van der Waals surface area (Å²) in [4.78, 5) is 0. The maximum Gasteiger partial charge on any atom is 0.141 e. The molecule has 2 heteroatoms. The van der Waals surface area contributed by atoms with Crippen LogP contribution in [0, 0.1) is 46.7 Å². The molecule has 0 aliphatic heterocycles. The van der Waals surface area contributed by atoms with Crippen LogP contribution >= 0.6 is 0 Å². The van der Waals surface area contributed by atoms with Crippen molar-refractivity contribution in [1.29, 1.82) is 5.26 Å². The summed E-state index contributed by atoms with van der Waals surface area (Å²) < 4.78 is 13.8. The molecule has 0 N–H and O–H groups in total. The molecule has 3 aliphatic rings. The highest BCUT2D eigenvalue weighted by Gasteiger charge is 2.33. The molecule has 3 saturated carbocycles. The van der Waals surface area contributed by atoms with Gasteiger partial charge in [-0.1, -0.05) is 44.6 Å². The molecule has 1 aromatic carbocycles. The average molecular weight is 382 g/mol. The molecule has 4 rings (SSSR count). The highest BCUT2D eigenvalue weighted by atomic mass is 19.1. The summed E-state index contributed by atoms with van der Waals surface area (Å²) in [5.74, 6) is 4.56. The molecule has 0 aromatic heterocycles. The Morgan fingerprint density at radius 2 is 1.32 bits per heavy atom. The van der Waals surface area contributed by atoms with Crippen LogP contribution in [0.4, 0.5) is 4.39 Å². The SMILES string of the molecule is N#Cc1ccc(CCC2CCC(C3CCC(C4CCCC4)CC3)CC2)cc1F. The summed E-state index contributed by atoms with van der Waals surface area (Å²) in [5.41, 5.74) is 1.20. The van der Waals surface area contributed by atoms with Gasteiger partial charge in [0.2, 0.25) is 0 Å². The van der Waals surface area contributed by atoms with Gasteiger partial charge in [-0.25, -0.2) is 4.39 Å². The van der Waals surface area contributed by atoms with Crippen molar-refractivity contribution in [2.75, 3.05) is 0 Å². The third kappa shape index (κ3) is 4.79. The van der Waals surface area contributed by atoms with Crippen LogP contribution in [-0.2, 0) is 6.42 Å². The van der Waals surface area contributed by atoms with E-state index in [1.165, 1.54) is 83.5 Å². The number of nitrogens with zero attached hydrogens (tertiary/aromatic N) is 1. The van der Waals surface area contributed by atoms with E-state index in [1.807, 2.05) is 12.1 Å². The average Bonchev–Trinajstić information content (AvgIpc) is 3.28. The monoisotopic (exact) mass is 381 g/mol. The lowest BCUT2D eigenvalue weighted by Crippen LogP contribution is -2.27. The Morgan fingerprint density at radius 3 is 1.86 bits per heavy atom. The second-order valence-corrected chi connectivity index (χ2v) is 9.96. The number of rotatable bonds is 5. The molecule has 0 saturated heterocycles. The smallest absolute Gasteiger partial charge is 0.141 e. The van der Waals surface area contributed by atoms with Gasteiger partial charge in [0.15, 0.2) is 0 Å². The first-order valence-electron chi connectivity index (χ1n) is 11.9. The van der Waals surface area contributed by atoms with Crippen LogP contribution in [0.25, 0.3) is 0 Å². The second-order valence-electron chi connectivity index (χ2n) is 9.96. The van der Waals surface area contributed by atoms with Gasteiger partial charge in [0.25, 0.3) is 0 Å². The second kappa shape index (κ2) is 9.43. The minimum absolute atomic E-state index is 0.159. The van der Waals surface area contributed by atoms with E-state index in [0.717, 1.165) is 41.6 Å². The van der Waals surface area contributed by atoms with Gasteiger partial charge in [-0.05, 0) is 98.7 Å². The highest BCUT2D eigenvalue weighted by molar-refractivity contribution is 5.33. The van der Waals surface area contributed by atoms with Crippen molar-refractivity contribution < 1.29 is 4.39 Å². The van der Waals surface area contributed by atoms with Crippen LogP contribution in [0.15, 0.2) is 18.2 Å². The number of benzene rings is 1. The van der Waals surface area contributed by atoms with Crippen LogP contribution in [0.5, 0.6) is 0 Å². The summed E-state index contributed by atoms with van der Waals surface area (Å²) in [5, 5.41) is 8.85. The molecule has 3 fully saturated rings. The third-order valence-corrected chi connectivity index (χ3v) is 8.44. The predicted octanol–water partition coefficient (Wildman–Crippen LogP) is 7.43. The summed E-state index contributed by atoms with van der Waals surface area (Å²) >= 11 is 0. The zero-order valence-electron chi connectivity index (χ0n) is 17.3. The van der Waals surface area contributed by atoms with Crippen molar-refractivity contribution in [2.45, 2.75) is 89.9 Å². The molecule has 0 atom stereocenters. The van der Waals surface area contributed by atoms with Crippen LogP contribution in [0.2, 0.25) is 0 Å². The van der Waals surface area contributed by atoms with E-state index in [2.05, 4.69) is 0 Å². The Morgan fingerprint density at radius 1 is 0.786 bits per heavy atom. The molecule has 0 amide bonds. The molecule has 0 radical (unpaired) electrons. The Bertz CT molecular complexity index is 668. The third-order valence-electron chi connectivity index (χ3n) is 8.44. The zero-order chi connectivity index (χ0) is 19.3. The Hall–Kier alpha value is -1.36. The highest BCUT2D eigenvalue weighted by Crippen LogP contribution is 2.46.